The molecule has 7 nitrogen and oxygen atoms in total. The normalized spacial score (nSPS) is 15.5. The lowest BCUT2D eigenvalue weighted by Gasteiger charge is -2.14. The van der Waals surface area contributed by atoms with Gasteiger partial charge in [0.2, 0.25) is 0 Å². The van der Waals surface area contributed by atoms with Crippen molar-refractivity contribution in [1.29, 1.82) is 0 Å². The number of benzene rings is 1. The summed E-state index contributed by atoms with van der Waals surface area (Å²) < 4.78 is 5.92. The van der Waals surface area contributed by atoms with E-state index in [2.05, 4.69) is 20.2 Å². The molecule has 3 rings (SSSR count). The molecule has 0 saturated carbocycles. The molecule has 26 heavy (non-hydrogen) atoms. The molecule has 1 amide bonds. The molecular formula is C19H27N5O2. The predicted octanol–water partition coefficient (Wildman–Crippen LogP) is 2.02. The fourth-order valence-electron chi connectivity index (χ4n) is 3.29. The summed E-state index contributed by atoms with van der Waals surface area (Å²) in [7, 11) is 1.62. The van der Waals surface area contributed by atoms with Gasteiger partial charge in [-0.25, -0.2) is 0 Å². The van der Waals surface area contributed by atoms with Gasteiger partial charge >= 0.3 is 0 Å². The fourth-order valence-corrected chi connectivity index (χ4v) is 3.29. The van der Waals surface area contributed by atoms with Crippen LogP contribution in [-0.4, -0.2) is 55.0 Å². The number of aliphatic imine (C=N–C) groups is 1. The summed E-state index contributed by atoms with van der Waals surface area (Å²) in [5.74, 6) is 0.503. The Hall–Kier alpha value is -2.54. The number of amides is 1. The van der Waals surface area contributed by atoms with Crippen molar-refractivity contribution in [3.63, 3.8) is 0 Å². The minimum absolute atomic E-state index is 0.0902. The number of fused-ring (bicyclic) bond motifs is 1. The van der Waals surface area contributed by atoms with Crippen LogP contribution in [0.3, 0.4) is 0 Å². The van der Waals surface area contributed by atoms with E-state index in [1.807, 2.05) is 19.1 Å². The number of hydrogen-bond acceptors (Lipinski definition) is 3. The number of carbonyl (C=O) groups is 1. The molecular weight excluding hydrogens is 330 g/mol. The Morgan fingerprint density at radius 3 is 2.85 bits per heavy atom. The van der Waals surface area contributed by atoms with Gasteiger partial charge in [0.25, 0.3) is 5.91 Å². The average molecular weight is 357 g/mol. The van der Waals surface area contributed by atoms with E-state index >= 15 is 0 Å². The van der Waals surface area contributed by atoms with Crippen LogP contribution in [0.15, 0.2) is 23.2 Å². The lowest BCUT2D eigenvalue weighted by atomic mass is 10.1. The Labute approximate surface area is 153 Å². The Morgan fingerprint density at radius 1 is 1.35 bits per heavy atom. The van der Waals surface area contributed by atoms with Gasteiger partial charge in [-0.2, -0.15) is 4.99 Å². The van der Waals surface area contributed by atoms with E-state index in [-0.39, 0.29) is 5.96 Å². The van der Waals surface area contributed by atoms with E-state index in [1.54, 1.807) is 13.1 Å². The first-order valence-corrected chi connectivity index (χ1v) is 9.11. The molecule has 0 bridgehead atoms. The van der Waals surface area contributed by atoms with Crippen LogP contribution in [0.4, 0.5) is 0 Å². The lowest BCUT2D eigenvalue weighted by molar-refractivity contribution is 0.0998. The van der Waals surface area contributed by atoms with Gasteiger partial charge in [0.05, 0.1) is 6.61 Å². The van der Waals surface area contributed by atoms with Gasteiger partial charge in [0, 0.05) is 30.6 Å². The molecule has 1 aliphatic rings. The number of H-pyrrole nitrogens is 1. The topological polar surface area (TPSA) is 95.7 Å². The number of nitrogens with zero attached hydrogens (tertiary/aromatic N) is 2. The number of nitrogens with one attached hydrogen (secondary N) is 2. The maximum atomic E-state index is 12.1. The van der Waals surface area contributed by atoms with Crippen molar-refractivity contribution in [3.8, 4) is 5.75 Å². The molecule has 2 aromatic rings. The van der Waals surface area contributed by atoms with Gasteiger partial charge in [-0.05, 0) is 57.0 Å². The molecule has 4 N–H and O–H groups in total. The highest BCUT2D eigenvalue weighted by atomic mass is 16.5. The number of hydrogen-bond donors (Lipinski definition) is 3. The highest BCUT2D eigenvalue weighted by molar-refractivity contribution is 6.04. The van der Waals surface area contributed by atoms with Gasteiger partial charge in [-0.3, -0.25) is 4.79 Å². The Morgan fingerprint density at radius 2 is 2.12 bits per heavy atom. The van der Waals surface area contributed by atoms with Crippen LogP contribution in [0, 0.1) is 6.92 Å². The molecule has 1 aliphatic heterocycles. The van der Waals surface area contributed by atoms with Crippen molar-refractivity contribution in [3.05, 3.63) is 29.5 Å². The number of carbonyl (C=O) groups excluding carboxylic acids is 1. The van der Waals surface area contributed by atoms with Crippen molar-refractivity contribution >= 4 is 22.8 Å². The van der Waals surface area contributed by atoms with Crippen molar-refractivity contribution in [2.75, 3.05) is 33.3 Å². The van der Waals surface area contributed by atoms with Crippen LogP contribution in [0.2, 0.25) is 0 Å². The third kappa shape index (κ3) is 4.35. The molecule has 1 aromatic carbocycles. The number of aromatic amines is 1. The van der Waals surface area contributed by atoms with Gasteiger partial charge in [-0.1, -0.05) is 0 Å². The lowest BCUT2D eigenvalue weighted by Crippen LogP contribution is -2.28. The first kappa shape index (κ1) is 18.3. The molecule has 0 radical (unpaired) electrons. The molecule has 1 aromatic heterocycles. The predicted molar refractivity (Wildman–Crippen MR) is 104 cm³/mol. The third-order valence-corrected chi connectivity index (χ3v) is 4.71. The fraction of sp³-hybridized carbons (Fsp3) is 0.474. The molecule has 140 valence electrons. The first-order valence-electron chi connectivity index (χ1n) is 9.11. The summed E-state index contributed by atoms with van der Waals surface area (Å²) in [6, 6.07) is 5.74. The minimum Gasteiger partial charge on any atom is -0.493 e. The summed E-state index contributed by atoms with van der Waals surface area (Å²) in [4.78, 5) is 21.5. The van der Waals surface area contributed by atoms with E-state index in [9.17, 15) is 4.79 Å². The third-order valence-electron chi connectivity index (χ3n) is 4.71. The van der Waals surface area contributed by atoms with Crippen LogP contribution < -0.4 is 15.8 Å². The van der Waals surface area contributed by atoms with E-state index in [4.69, 9.17) is 10.5 Å². The number of aromatic nitrogens is 1. The van der Waals surface area contributed by atoms with Crippen molar-refractivity contribution < 1.29 is 9.53 Å². The van der Waals surface area contributed by atoms with Crippen molar-refractivity contribution in [2.24, 2.45) is 10.7 Å². The number of aryl methyl sites for hydroxylation is 1. The number of nitrogens with two attached hydrogens (primary N) is 1. The molecule has 1 fully saturated rings. The van der Waals surface area contributed by atoms with Gasteiger partial charge in [0.15, 0.2) is 5.96 Å². The quantitative estimate of drug-likeness (QED) is 0.418. The zero-order chi connectivity index (χ0) is 18.5. The number of ether oxygens (including phenoxy) is 1. The summed E-state index contributed by atoms with van der Waals surface area (Å²) >= 11 is 0. The maximum absolute atomic E-state index is 12.1. The van der Waals surface area contributed by atoms with Crippen LogP contribution >= 0.6 is 0 Å². The van der Waals surface area contributed by atoms with Crippen LogP contribution in [0.5, 0.6) is 5.75 Å². The summed E-state index contributed by atoms with van der Waals surface area (Å²) in [5, 5.41) is 3.62. The molecule has 1 saturated heterocycles. The number of guanidine groups is 1. The van der Waals surface area contributed by atoms with Crippen molar-refractivity contribution in [2.45, 2.75) is 26.2 Å². The minimum atomic E-state index is -0.402. The second-order valence-corrected chi connectivity index (χ2v) is 6.69. The molecule has 7 heteroatoms. The van der Waals surface area contributed by atoms with Crippen molar-refractivity contribution in [1.82, 2.24) is 15.2 Å². The highest BCUT2D eigenvalue weighted by Gasteiger charge is 2.13. The average Bonchev–Trinajstić information content (AvgIpc) is 3.28. The standard InChI is InChI=1S/C19H27N5O2/c1-13-10-14(26-9-5-8-24-6-3-4-7-24)11-16-15(13)12-17(22-16)18(25)23-19(20)21-2/h10-12,22H,3-9H2,1-2H3,(H3,20,21,23,25). The second kappa shape index (κ2) is 8.23. The summed E-state index contributed by atoms with van der Waals surface area (Å²) in [6.07, 6.45) is 3.65. The number of rotatable bonds is 6. The molecule has 2 heterocycles. The van der Waals surface area contributed by atoms with E-state index < -0.39 is 5.91 Å². The largest absolute Gasteiger partial charge is 0.493 e. The van der Waals surface area contributed by atoms with Crippen LogP contribution in [-0.2, 0) is 0 Å². The number of likely N-dealkylation sites (tertiary alicyclic amines) is 1. The van der Waals surface area contributed by atoms with E-state index in [0.29, 0.717) is 12.3 Å². The van der Waals surface area contributed by atoms with E-state index in [1.165, 1.54) is 25.9 Å². The Bertz CT molecular complexity index is 806. The molecule has 0 spiro atoms. The smallest absolute Gasteiger partial charge is 0.296 e. The SMILES string of the molecule is CNC(N)=NC(=O)c1cc2c(C)cc(OCCCN3CCCC3)cc2[nH]1. The van der Waals surface area contributed by atoms with Gasteiger partial charge in [-0.15, -0.1) is 0 Å². The van der Waals surface area contributed by atoms with Crippen LogP contribution in [0.1, 0.15) is 35.3 Å². The molecule has 0 unspecified atom stereocenters. The van der Waals surface area contributed by atoms with Crippen LogP contribution in [0.25, 0.3) is 10.9 Å². The summed E-state index contributed by atoms with van der Waals surface area (Å²) in [6.45, 7) is 6.22. The first-order chi connectivity index (χ1) is 12.6. The highest BCUT2D eigenvalue weighted by Crippen LogP contribution is 2.26. The zero-order valence-corrected chi connectivity index (χ0v) is 15.5. The second-order valence-electron chi connectivity index (χ2n) is 6.69. The van der Waals surface area contributed by atoms with Gasteiger partial charge in [0.1, 0.15) is 11.4 Å². The summed E-state index contributed by atoms with van der Waals surface area (Å²) in [5.41, 5.74) is 7.88. The molecule has 0 atom stereocenters. The van der Waals surface area contributed by atoms with Gasteiger partial charge < -0.3 is 25.7 Å². The zero-order valence-electron chi connectivity index (χ0n) is 15.5. The monoisotopic (exact) mass is 357 g/mol. The Balaban J connectivity index is 1.65. The Kier molecular flexibility index (Phi) is 5.78. The maximum Gasteiger partial charge on any atom is 0.296 e. The van der Waals surface area contributed by atoms with E-state index in [0.717, 1.165) is 35.2 Å². The molecule has 0 aliphatic carbocycles.